The van der Waals surface area contributed by atoms with Crippen molar-refractivity contribution in [2.24, 2.45) is 0 Å². The Morgan fingerprint density at radius 1 is 1.07 bits per heavy atom. The molecule has 0 saturated heterocycles. The monoisotopic (exact) mass is 390 g/mol. The number of imidazole rings is 1. The van der Waals surface area contributed by atoms with Crippen LogP contribution in [0.25, 0.3) is 11.0 Å². The van der Waals surface area contributed by atoms with Crippen LogP contribution >= 0.6 is 0 Å². The van der Waals surface area contributed by atoms with Crippen LogP contribution in [-0.4, -0.2) is 20.6 Å². The van der Waals surface area contributed by atoms with Gasteiger partial charge in [-0.25, -0.2) is 14.2 Å². The fraction of sp³-hybridized carbons (Fsp3) is 0.130. The van der Waals surface area contributed by atoms with Crippen molar-refractivity contribution in [3.63, 3.8) is 0 Å². The van der Waals surface area contributed by atoms with Gasteiger partial charge in [-0.1, -0.05) is 18.2 Å². The number of aromatic nitrogens is 2. The standard InChI is InChI=1S/C23H19FN2O3/c1-15-2-11-21-20(12-15)25-22(26(21)13-16-3-7-18(24)8-4-16)14-29-19-9-5-17(6-10-19)23(27)28/h2-12H,13-14H2,1H3,(H,27,28). The molecule has 4 aromatic rings. The SMILES string of the molecule is Cc1ccc2c(c1)nc(COc1ccc(C(=O)O)cc1)n2Cc1ccc(F)cc1. The maximum absolute atomic E-state index is 13.3. The quantitative estimate of drug-likeness (QED) is 0.513. The smallest absolute Gasteiger partial charge is 0.335 e. The molecule has 0 saturated carbocycles. The number of carboxylic acids is 1. The van der Waals surface area contributed by atoms with E-state index in [-0.39, 0.29) is 18.0 Å². The molecule has 0 spiro atoms. The molecule has 146 valence electrons. The van der Waals surface area contributed by atoms with Crippen LogP contribution in [0.3, 0.4) is 0 Å². The molecule has 0 bridgehead atoms. The minimum Gasteiger partial charge on any atom is -0.486 e. The molecule has 0 aliphatic rings. The number of hydrogen-bond acceptors (Lipinski definition) is 3. The lowest BCUT2D eigenvalue weighted by atomic mass is 10.2. The van der Waals surface area contributed by atoms with Crippen LogP contribution in [0.5, 0.6) is 5.75 Å². The number of hydrogen-bond donors (Lipinski definition) is 1. The van der Waals surface area contributed by atoms with Crippen LogP contribution in [0.2, 0.25) is 0 Å². The van der Waals surface area contributed by atoms with E-state index in [1.165, 1.54) is 24.3 Å². The molecule has 0 fully saturated rings. The molecule has 0 aliphatic heterocycles. The fourth-order valence-electron chi connectivity index (χ4n) is 3.19. The van der Waals surface area contributed by atoms with Gasteiger partial charge in [0.2, 0.25) is 0 Å². The van der Waals surface area contributed by atoms with Crippen molar-refractivity contribution in [1.82, 2.24) is 9.55 Å². The van der Waals surface area contributed by atoms with Crippen molar-refractivity contribution in [2.45, 2.75) is 20.1 Å². The third-order valence-corrected chi connectivity index (χ3v) is 4.71. The molecule has 1 heterocycles. The summed E-state index contributed by atoms with van der Waals surface area (Å²) < 4.78 is 21.2. The number of rotatable bonds is 6. The first-order valence-corrected chi connectivity index (χ1v) is 9.16. The van der Waals surface area contributed by atoms with Crippen molar-refractivity contribution < 1.29 is 19.0 Å². The van der Waals surface area contributed by atoms with E-state index in [0.717, 1.165) is 28.0 Å². The third kappa shape index (κ3) is 4.11. The van der Waals surface area contributed by atoms with Crippen LogP contribution in [0, 0.1) is 12.7 Å². The van der Waals surface area contributed by atoms with Crippen molar-refractivity contribution in [3.8, 4) is 5.75 Å². The summed E-state index contributed by atoms with van der Waals surface area (Å²) in [4.78, 5) is 15.7. The van der Waals surface area contributed by atoms with Gasteiger partial charge in [0.05, 0.1) is 16.6 Å². The summed E-state index contributed by atoms with van der Waals surface area (Å²) in [6.07, 6.45) is 0. The Bertz CT molecular complexity index is 1170. The van der Waals surface area contributed by atoms with Gasteiger partial charge in [0, 0.05) is 6.54 Å². The molecule has 0 aliphatic carbocycles. The lowest BCUT2D eigenvalue weighted by Crippen LogP contribution is -2.08. The number of fused-ring (bicyclic) bond motifs is 1. The highest BCUT2D eigenvalue weighted by Crippen LogP contribution is 2.21. The average Bonchev–Trinajstić information content (AvgIpc) is 3.04. The second-order valence-electron chi connectivity index (χ2n) is 6.85. The number of halogens is 1. The fourth-order valence-corrected chi connectivity index (χ4v) is 3.19. The van der Waals surface area contributed by atoms with E-state index >= 15 is 0 Å². The first-order chi connectivity index (χ1) is 14.0. The number of carbonyl (C=O) groups is 1. The number of carboxylic acid groups (broad SMARTS) is 1. The highest BCUT2D eigenvalue weighted by atomic mass is 19.1. The molecule has 29 heavy (non-hydrogen) atoms. The number of ether oxygens (including phenoxy) is 1. The van der Waals surface area contributed by atoms with Gasteiger partial charge in [-0.3, -0.25) is 0 Å². The average molecular weight is 390 g/mol. The zero-order valence-corrected chi connectivity index (χ0v) is 15.8. The molecule has 0 amide bonds. The van der Waals surface area contributed by atoms with Gasteiger partial charge >= 0.3 is 5.97 Å². The van der Waals surface area contributed by atoms with Gasteiger partial charge in [-0.05, 0) is 66.6 Å². The highest BCUT2D eigenvalue weighted by molar-refractivity contribution is 5.87. The van der Waals surface area contributed by atoms with E-state index in [0.29, 0.717) is 12.3 Å². The van der Waals surface area contributed by atoms with E-state index in [1.807, 2.05) is 29.7 Å². The Balaban J connectivity index is 1.63. The van der Waals surface area contributed by atoms with E-state index in [9.17, 15) is 9.18 Å². The predicted octanol–water partition coefficient (Wildman–Crippen LogP) is 4.81. The summed E-state index contributed by atoms with van der Waals surface area (Å²) in [6.45, 7) is 2.77. The van der Waals surface area contributed by atoms with Crippen molar-refractivity contribution in [1.29, 1.82) is 0 Å². The molecule has 0 radical (unpaired) electrons. The van der Waals surface area contributed by atoms with Gasteiger partial charge < -0.3 is 14.4 Å². The Labute approximate surface area is 167 Å². The van der Waals surface area contributed by atoms with Crippen molar-refractivity contribution in [2.75, 3.05) is 0 Å². The second kappa shape index (κ2) is 7.75. The van der Waals surface area contributed by atoms with Gasteiger partial charge in [-0.15, -0.1) is 0 Å². The van der Waals surface area contributed by atoms with Crippen molar-refractivity contribution >= 4 is 17.0 Å². The zero-order chi connectivity index (χ0) is 20.4. The topological polar surface area (TPSA) is 64.3 Å². The van der Waals surface area contributed by atoms with E-state index in [2.05, 4.69) is 0 Å². The van der Waals surface area contributed by atoms with Gasteiger partial charge in [0.15, 0.2) is 0 Å². The van der Waals surface area contributed by atoms with E-state index in [4.69, 9.17) is 14.8 Å². The Hall–Kier alpha value is -3.67. The second-order valence-corrected chi connectivity index (χ2v) is 6.85. The number of aromatic carboxylic acids is 1. The third-order valence-electron chi connectivity index (χ3n) is 4.71. The first kappa shape index (κ1) is 18.7. The van der Waals surface area contributed by atoms with Crippen LogP contribution in [0.4, 0.5) is 4.39 Å². The van der Waals surface area contributed by atoms with Crippen LogP contribution in [0.15, 0.2) is 66.7 Å². The Morgan fingerprint density at radius 2 is 1.79 bits per heavy atom. The normalized spacial score (nSPS) is 11.0. The van der Waals surface area contributed by atoms with Crippen molar-refractivity contribution in [3.05, 3.63) is 95.1 Å². The lowest BCUT2D eigenvalue weighted by molar-refractivity contribution is 0.0697. The Kier molecular flexibility index (Phi) is 4.99. The maximum Gasteiger partial charge on any atom is 0.335 e. The molecule has 1 aromatic heterocycles. The summed E-state index contributed by atoms with van der Waals surface area (Å²) in [5.41, 5.74) is 4.11. The highest BCUT2D eigenvalue weighted by Gasteiger charge is 2.13. The van der Waals surface area contributed by atoms with Crippen LogP contribution in [-0.2, 0) is 13.2 Å². The molecule has 1 N–H and O–H groups in total. The summed E-state index contributed by atoms with van der Waals surface area (Å²) in [7, 11) is 0. The summed E-state index contributed by atoms with van der Waals surface area (Å²) in [5.74, 6) is 0.0463. The van der Waals surface area contributed by atoms with E-state index < -0.39 is 5.97 Å². The summed E-state index contributed by atoms with van der Waals surface area (Å²) in [6, 6.07) is 18.7. The first-order valence-electron chi connectivity index (χ1n) is 9.16. The van der Waals surface area contributed by atoms with Crippen LogP contribution in [0.1, 0.15) is 27.3 Å². The van der Waals surface area contributed by atoms with Gasteiger partial charge in [-0.2, -0.15) is 0 Å². The number of nitrogens with zero attached hydrogens (tertiary/aromatic N) is 2. The van der Waals surface area contributed by atoms with E-state index in [1.54, 1.807) is 24.3 Å². The summed E-state index contributed by atoms with van der Waals surface area (Å²) in [5, 5.41) is 9.00. The minimum absolute atomic E-state index is 0.205. The molecule has 6 heteroatoms. The van der Waals surface area contributed by atoms with Gasteiger partial charge in [0.25, 0.3) is 0 Å². The molecule has 4 rings (SSSR count). The largest absolute Gasteiger partial charge is 0.486 e. The molecule has 0 unspecified atom stereocenters. The molecular formula is C23H19FN2O3. The molecule has 3 aromatic carbocycles. The predicted molar refractivity (Wildman–Crippen MR) is 108 cm³/mol. The number of aryl methyl sites for hydroxylation is 1. The molecular weight excluding hydrogens is 371 g/mol. The zero-order valence-electron chi connectivity index (χ0n) is 15.8. The summed E-state index contributed by atoms with van der Waals surface area (Å²) >= 11 is 0. The number of benzene rings is 3. The minimum atomic E-state index is -0.979. The maximum atomic E-state index is 13.3. The lowest BCUT2D eigenvalue weighted by Gasteiger charge is -2.11. The molecule has 5 nitrogen and oxygen atoms in total. The van der Waals surface area contributed by atoms with Crippen LogP contribution < -0.4 is 4.74 Å². The Morgan fingerprint density at radius 3 is 2.48 bits per heavy atom. The molecule has 0 atom stereocenters. The van der Waals surface area contributed by atoms with Gasteiger partial charge in [0.1, 0.15) is 24.0 Å².